The van der Waals surface area contributed by atoms with Crippen molar-refractivity contribution in [2.45, 2.75) is 43.0 Å². The number of esters is 1. The van der Waals surface area contributed by atoms with E-state index in [2.05, 4.69) is 4.99 Å². The van der Waals surface area contributed by atoms with Gasteiger partial charge in [-0.2, -0.15) is 9.30 Å². The molecular weight excluding hydrogens is 558 g/mol. The zero-order valence-corrected chi connectivity index (χ0v) is 24.0. The van der Waals surface area contributed by atoms with Gasteiger partial charge in [0, 0.05) is 35.8 Å². The number of anilines is 2. The molecule has 39 heavy (non-hydrogen) atoms. The minimum atomic E-state index is -3.92. The number of isocyanates is 1. The largest absolute Gasteiger partial charge is 0.465 e. The van der Waals surface area contributed by atoms with Crippen molar-refractivity contribution >= 4 is 62.1 Å². The van der Waals surface area contributed by atoms with Crippen molar-refractivity contribution in [1.82, 2.24) is 4.31 Å². The van der Waals surface area contributed by atoms with E-state index >= 15 is 0 Å². The number of hydrogen-bond acceptors (Lipinski definition) is 8. The Morgan fingerprint density at radius 3 is 2.51 bits per heavy atom. The van der Waals surface area contributed by atoms with Crippen LogP contribution in [0.25, 0.3) is 10.4 Å². The Morgan fingerprint density at radius 2 is 1.85 bits per heavy atom. The van der Waals surface area contributed by atoms with E-state index in [0.717, 1.165) is 42.7 Å². The van der Waals surface area contributed by atoms with Gasteiger partial charge in [0.25, 0.3) is 0 Å². The van der Waals surface area contributed by atoms with Crippen LogP contribution >= 0.6 is 22.9 Å². The molecule has 2 aliphatic rings. The minimum Gasteiger partial charge on any atom is -0.465 e. The molecule has 1 aliphatic carbocycles. The molecule has 8 nitrogen and oxygen atoms in total. The number of para-hydroxylation sites is 1. The lowest BCUT2D eigenvalue weighted by Crippen LogP contribution is -2.46. The van der Waals surface area contributed by atoms with E-state index in [1.807, 2.05) is 35.2 Å². The van der Waals surface area contributed by atoms with Crippen molar-refractivity contribution in [3.05, 3.63) is 58.4 Å². The number of thiophene rings is 1. The number of fused-ring (bicyclic) bond motifs is 1. The van der Waals surface area contributed by atoms with Crippen molar-refractivity contribution in [1.29, 1.82) is 0 Å². The number of aliphatic imine (C=N–C) groups is 1. The Morgan fingerprint density at radius 1 is 1.13 bits per heavy atom. The monoisotopic (exact) mass is 585 g/mol. The molecule has 0 radical (unpaired) electrons. The van der Waals surface area contributed by atoms with Crippen molar-refractivity contribution in [3.63, 3.8) is 0 Å². The number of nitrogens with zero attached hydrogens (tertiary/aromatic N) is 3. The summed E-state index contributed by atoms with van der Waals surface area (Å²) in [4.78, 5) is 29.7. The standard InChI is InChI=1S/C28H28ClN3O5S2/c1-31-24(18-9-5-3-6-10-18)16-32(19-11-7-4-8-12-19)23-14-21(29)20(13-26(23)39(31,35)36)25-15-22(30-17-33)27(38-25)28(34)37-2/h4,7-8,11-15,18,24H,3,5-6,9-10,16H2,1-2H3/t24-/m0/s1. The first-order valence-electron chi connectivity index (χ1n) is 12.7. The van der Waals surface area contributed by atoms with Gasteiger partial charge in [-0.05, 0) is 49.1 Å². The van der Waals surface area contributed by atoms with Gasteiger partial charge in [-0.15, -0.1) is 11.3 Å². The molecule has 2 aromatic carbocycles. The second-order valence-electron chi connectivity index (χ2n) is 9.75. The number of methoxy groups -OCH3 is 1. The summed E-state index contributed by atoms with van der Waals surface area (Å²) in [6.45, 7) is 0.497. The van der Waals surface area contributed by atoms with E-state index < -0.39 is 16.0 Å². The normalized spacial score (nSPS) is 19.6. The summed E-state index contributed by atoms with van der Waals surface area (Å²) in [7, 11) is -1.02. The molecule has 2 heterocycles. The molecular formula is C28H28ClN3O5S2. The van der Waals surface area contributed by atoms with Gasteiger partial charge in [0.05, 0.1) is 17.8 Å². The van der Waals surface area contributed by atoms with Gasteiger partial charge in [0.1, 0.15) is 15.5 Å². The molecule has 1 fully saturated rings. The fraction of sp³-hybridized carbons (Fsp3) is 0.357. The van der Waals surface area contributed by atoms with Crippen LogP contribution in [-0.4, -0.2) is 51.5 Å². The summed E-state index contributed by atoms with van der Waals surface area (Å²) < 4.78 is 34.7. The highest BCUT2D eigenvalue weighted by Crippen LogP contribution is 2.46. The third-order valence-corrected chi connectivity index (χ3v) is 11.0. The van der Waals surface area contributed by atoms with Gasteiger partial charge in [0.2, 0.25) is 16.1 Å². The third kappa shape index (κ3) is 5.15. The number of carbonyl (C=O) groups excluding carboxylic acids is 2. The average Bonchev–Trinajstić information content (AvgIpc) is 3.34. The summed E-state index contributed by atoms with van der Waals surface area (Å²) in [5.41, 5.74) is 1.88. The van der Waals surface area contributed by atoms with Crippen LogP contribution < -0.4 is 4.90 Å². The van der Waals surface area contributed by atoms with Crippen LogP contribution in [0.4, 0.5) is 17.1 Å². The molecule has 5 rings (SSSR count). The molecule has 0 amide bonds. The second-order valence-corrected chi connectivity index (χ2v) is 13.2. The van der Waals surface area contributed by atoms with Crippen LogP contribution in [0.3, 0.4) is 0 Å². The smallest absolute Gasteiger partial charge is 0.350 e. The fourth-order valence-corrected chi connectivity index (χ4v) is 8.55. The molecule has 11 heteroatoms. The van der Waals surface area contributed by atoms with Gasteiger partial charge >= 0.3 is 5.97 Å². The lowest BCUT2D eigenvalue weighted by Gasteiger charge is -2.36. The number of carbonyl (C=O) groups is 1. The minimum absolute atomic E-state index is 0.0890. The SMILES string of the molecule is COC(=O)c1sc(-c2cc3c(cc2Cl)N(c2ccccc2)C[C@@H](C2CCCCC2)N(C)S3(=O)=O)cc1N=C=O. The quantitative estimate of drug-likeness (QED) is 0.191. The highest BCUT2D eigenvalue weighted by Gasteiger charge is 2.41. The highest BCUT2D eigenvalue weighted by atomic mass is 35.5. The van der Waals surface area contributed by atoms with Crippen LogP contribution in [0.15, 0.2) is 58.4 Å². The number of halogens is 1. The van der Waals surface area contributed by atoms with Crippen LogP contribution in [-0.2, 0) is 19.6 Å². The molecule has 1 atom stereocenters. The average molecular weight is 586 g/mol. The van der Waals surface area contributed by atoms with Gasteiger partial charge < -0.3 is 9.64 Å². The van der Waals surface area contributed by atoms with Gasteiger partial charge in [-0.25, -0.2) is 18.0 Å². The molecule has 3 aromatic rings. The van der Waals surface area contributed by atoms with Crippen molar-refractivity contribution < 1.29 is 22.7 Å². The maximum Gasteiger partial charge on any atom is 0.350 e. The Balaban J connectivity index is 1.70. The first kappa shape index (κ1) is 27.6. The predicted octanol–water partition coefficient (Wildman–Crippen LogP) is 6.54. The number of ether oxygens (including phenoxy) is 1. The van der Waals surface area contributed by atoms with E-state index in [1.54, 1.807) is 19.2 Å². The van der Waals surface area contributed by atoms with Crippen molar-refractivity contribution in [2.75, 3.05) is 25.6 Å². The van der Waals surface area contributed by atoms with E-state index in [4.69, 9.17) is 16.3 Å². The fourth-order valence-electron chi connectivity index (χ4n) is 5.59. The zero-order chi connectivity index (χ0) is 27.7. The number of benzene rings is 2. The summed E-state index contributed by atoms with van der Waals surface area (Å²) in [5, 5.41) is 0.308. The van der Waals surface area contributed by atoms with E-state index in [-0.39, 0.29) is 27.4 Å². The van der Waals surface area contributed by atoms with E-state index in [1.165, 1.54) is 30.0 Å². The van der Waals surface area contributed by atoms with E-state index in [0.29, 0.717) is 27.7 Å². The summed E-state index contributed by atoms with van der Waals surface area (Å²) in [6, 6.07) is 14.2. The van der Waals surface area contributed by atoms with Crippen LogP contribution in [0, 0.1) is 5.92 Å². The van der Waals surface area contributed by atoms with Crippen molar-refractivity contribution in [3.8, 4) is 10.4 Å². The first-order chi connectivity index (χ1) is 18.8. The lowest BCUT2D eigenvalue weighted by atomic mass is 9.83. The number of sulfonamides is 1. The number of hydrogen-bond donors (Lipinski definition) is 0. The molecule has 0 unspecified atom stereocenters. The van der Waals surface area contributed by atoms with Gasteiger partial charge in [-0.3, -0.25) is 0 Å². The Kier molecular flexibility index (Phi) is 7.94. The second kappa shape index (κ2) is 11.2. The van der Waals surface area contributed by atoms with Crippen LogP contribution in [0.1, 0.15) is 41.8 Å². The van der Waals surface area contributed by atoms with E-state index in [9.17, 15) is 18.0 Å². The molecule has 0 N–H and O–H groups in total. The molecule has 204 valence electrons. The maximum absolute atomic E-state index is 14.2. The van der Waals surface area contributed by atoms with Crippen LogP contribution in [0.5, 0.6) is 0 Å². The summed E-state index contributed by atoms with van der Waals surface area (Å²) in [6.07, 6.45) is 6.78. The Bertz CT molecular complexity index is 1540. The number of rotatable bonds is 5. The lowest BCUT2D eigenvalue weighted by molar-refractivity contribution is 0.0607. The maximum atomic E-state index is 14.2. The Labute approximate surface area is 236 Å². The highest BCUT2D eigenvalue weighted by molar-refractivity contribution is 7.89. The van der Waals surface area contributed by atoms with Gasteiger partial charge in [-0.1, -0.05) is 49.1 Å². The first-order valence-corrected chi connectivity index (χ1v) is 15.3. The van der Waals surface area contributed by atoms with Crippen molar-refractivity contribution in [2.24, 2.45) is 10.9 Å². The molecule has 0 spiro atoms. The topological polar surface area (TPSA) is 96.3 Å². The molecule has 1 aliphatic heterocycles. The zero-order valence-electron chi connectivity index (χ0n) is 21.6. The summed E-state index contributed by atoms with van der Waals surface area (Å²) in [5.74, 6) is -0.415. The number of likely N-dealkylation sites (N-methyl/N-ethyl adjacent to an activating group) is 1. The van der Waals surface area contributed by atoms with Gasteiger partial charge in [0.15, 0.2) is 0 Å². The summed E-state index contributed by atoms with van der Waals surface area (Å²) >= 11 is 7.84. The third-order valence-electron chi connectivity index (χ3n) is 7.61. The predicted molar refractivity (Wildman–Crippen MR) is 153 cm³/mol. The molecule has 1 saturated carbocycles. The molecule has 0 bridgehead atoms. The van der Waals surface area contributed by atoms with Crippen LogP contribution in [0.2, 0.25) is 5.02 Å². The Hall–Kier alpha value is -3.01. The molecule has 1 aromatic heterocycles. The molecule has 0 saturated heterocycles.